The highest BCUT2D eigenvalue weighted by molar-refractivity contribution is 7.89. The molecule has 12 heavy (non-hydrogen) atoms. The van der Waals surface area contributed by atoms with Gasteiger partial charge in [0.2, 0.25) is 0 Å². The fourth-order valence-electron chi connectivity index (χ4n) is 0.805. The molecule has 0 saturated heterocycles. The van der Waals surface area contributed by atoms with E-state index in [2.05, 4.69) is 6.92 Å². The van der Waals surface area contributed by atoms with Crippen LogP contribution in [0.4, 0.5) is 0 Å². The summed E-state index contributed by atoms with van der Waals surface area (Å²) in [4.78, 5) is 0.0543. The van der Waals surface area contributed by atoms with Crippen LogP contribution in [0.1, 0.15) is 39.5 Å². The number of hydrogen-bond acceptors (Lipinski definition) is 2. The summed E-state index contributed by atoms with van der Waals surface area (Å²) in [6.07, 6.45) is 5.46. The van der Waals surface area contributed by atoms with Gasteiger partial charge in [-0.1, -0.05) is 25.8 Å². The smallest absolute Gasteiger partial charge is 0.282 e. The van der Waals surface area contributed by atoms with E-state index in [1.807, 2.05) is 0 Å². The Labute approximate surface area is 74.2 Å². The molecule has 0 aromatic rings. The van der Waals surface area contributed by atoms with Crippen LogP contribution < -0.4 is 0 Å². The van der Waals surface area contributed by atoms with Crippen LogP contribution in [0.25, 0.3) is 0 Å². The van der Waals surface area contributed by atoms with E-state index in [1.54, 1.807) is 6.08 Å². The third-order valence-electron chi connectivity index (χ3n) is 1.65. The molecule has 0 saturated carbocycles. The molecular formula is C8H16O3S. The summed E-state index contributed by atoms with van der Waals surface area (Å²) in [5, 5.41) is 0. The van der Waals surface area contributed by atoms with Crippen LogP contribution >= 0.6 is 0 Å². The summed E-state index contributed by atoms with van der Waals surface area (Å²) in [6.45, 7) is 3.49. The average Bonchev–Trinajstić information content (AvgIpc) is 1.96. The largest absolute Gasteiger partial charge is 0.290 e. The van der Waals surface area contributed by atoms with Gasteiger partial charge in [0, 0.05) is 0 Å². The Balaban J connectivity index is 3.87. The van der Waals surface area contributed by atoms with Gasteiger partial charge in [-0.3, -0.25) is 4.55 Å². The molecule has 0 fully saturated rings. The van der Waals surface area contributed by atoms with Crippen molar-refractivity contribution in [2.75, 3.05) is 0 Å². The maximum absolute atomic E-state index is 10.5. The third-order valence-corrected chi connectivity index (χ3v) is 2.63. The lowest BCUT2D eigenvalue weighted by molar-refractivity contribution is 0.490. The number of allylic oxidation sites excluding steroid dienone is 2. The second kappa shape index (κ2) is 5.32. The van der Waals surface area contributed by atoms with Gasteiger partial charge in [0.1, 0.15) is 0 Å². The first kappa shape index (κ1) is 11.6. The van der Waals surface area contributed by atoms with Crippen molar-refractivity contribution in [2.45, 2.75) is 39.5 Å². The van der Waals surface area contributed by atoms with Gasteiger partial charge in [-0.2, -0.15) is 8.42 Å². The monoisotopic (exact) mass is 192 g/mol. The minimum atomic E-state index is -3.93. The molecule has 0 aromatic carbocycles. The fraction of sp³-hybridized carbons (Fsp3) is 0.750. The molecule has 0 aliphatic heterocycles. The molecule has 0 aliphatic rings. The van der Waals surface area contributed by atoms with Crippen molar-refractivity contribution in [2.24, 2.45) is 0 Å². The lowest BCUT2D eigenvalue weighted by Crippen LogP contribution is -1.97. The second-order valence-electron chi connectivity index (χ2n) is 2.79. The molecule has 0 radical (unpaired) electrons. The van der Waals surface area contributed by atoms with Crippen LogP contribution in [0.15, 0.2) is 11.0 Å². The summed E-state index contributed by atoms with van der Waals surface area (Å²) < 4.78 is 29.5. The van der Waals surface area contributed by atoms with Gasteiger partial charge in [0.25, 0.3) is 10.1 Å². The van der Waals surface area contributed by atoms with Gasteiger partial charge in [-0.05, 0) is 19.8 Å². The van der Waals surface area contributed by atoms with Crippen molar-refractivity contribution in [3.05, 3.63) is 11.0 Å². The molecule has 0 aromatic heterocycles. The Kier molecular flexibility index (Phi) is 5.17. The molecule has 0 bridgehead atoms. The summed E-state index contributed by atoms with van der Waals surface area (Å²) in [5.74, 6) is 0. The molecule has 0 spiro atoms. The van der Waals surface area contributed by atoms with Crippen molar-refractivity contribution in [1.29, 1.82) is 0 Å². The van der Waals surface area contributed by atoms with Gasteiger partial charge >= 0.3 is 0 Å². The number of unbranched alkanes of at least 4 members (excludes halogenated alkanes) is 3. The van der Waals surface area contributed by atoms with Gasteiger partial charge in [0.05, 0.1) is 4.91 Å². The minimum absolute atomic E-state index is 0.0543. The van der Waals surface area contributed by atoms with Crippen LogP contribution in [-0.2, 0) is 10.1 Å². The molecule has 72 valence electrons. The van der Waals surface area contributed by atoms with Crippen LogP contribution in [-0.4, -0.2) is 13.0 Å². The summed E-state index contributed by atoms with van der Waals surface area (Å²) in [6, 6.07) is 0. The van der Waals surface area contributed by atoms with Crippen molar-refractivity contribution in [3.63, 3.8) is 0 Å². The summed E-state index contributed by atoms with van der Waals surface area (Å²) in [5.41, 5.74) is 0. The molecule has 0 rings (SSSR count). The molecule has 3 nitrogen and oxygen atoms in total. The molecule has 0 aliphatic carbocycles. The Bertz CT molecular complexity index is 239. The van der Waals surface area contributed by atoms with E-state index >= 15 is 0 Å². The van der Waals surface area contributed by atoms with Gasteiger partial charge < -0.3 is 0 Å². The standard InChI is InChI=1S/C8H16O3S/c1-3-4-5-6-7-8(2)12(9,10)11/h7H,3-6H2,1-2H3,(H,9,10,11). The normalized spacial score (nSPS) is 13.4. The topological polar surface area (TPSA) is 54.4 Å². The molecule has 0 atom stereocenters. The zero-order valence-corrected chi connectivity index (χ0v) is 8.39. The Morgan fingerprint density at radius 2 is 2.00 bits per heavy atom. The molecule has 4 heteroatoms. The fourth-order valence-corrected chi connectivity index (χ4v) is 1.13. The molecular weight excluding hydrogens is 176 g/mol. The predicted octanol–water partition coefficient (Wildman–Crippen LogP) is 2.36. The van der Waals surface area contributed by atoms with E-state index in [4.69, 9.17) is 4.55 Å². The van der Waals surface area contributed by atoms with Crippen molar-refractivity contribution in [3.8, 4) is 0 Å². The first-order valence-electron chi connectivity index (χ1n) is 4.12. The van der Waals surface area contributed by atoms with E-state index in [1.165, 1.54) is 6.92 Å². The molecule has 0 amide bonds. The third kappa shape index (κ3) is 5.32. The quantitative estimate of drug-likeness (QED) is 0.537. The second-order valence-corrected chi connectivity index (χ2v) is 4.38. The van der Waals surface area contributed by atoms with Crippen molar-refractivity contribution < 1.29 is 13.0 Å². The Hall–Kier alpha value is -0.350. The predicted molar refractivity (Wildman–Crippen MR) is 49.4 cm³/mol. The van der Waals surface area contributed by atoms with Crippen LogP contribution in [0, 0.1) is 0 Å². The van der Waals surface area contributed by atoms with E-state index in [9.17, 15) is 8.42 Å². The van der Waals surface area contributed by atoms with E-state index < -0.39 is 10.1 Å². The average molecular weight is 192 g/mol. The van der Waals surface area contributed by atoms with Crippen molar-refractivity contribution >= 4 is 10.1 Å². The van der Waals surface area contributed by atoms with Crippen LogP contribution in [0.3, 0.4) is 0 Å². The Morgan fingerprint density at radius 1 is 1.42 bits per heavy atom. The van der Waals surface area contributed by atoms with Gasteiger partial charge in [0.15, 0.2) is 0 Å². The minimum Gasteiger partial charge on any atom is -0.282 e. The first-order valence-corrected chi connectivity index (χ1v) is 5.56. The van der Waals surface area contributed by atoms with E-state index in [-0.39, 0.29) is 4.91 Å². The Morgan fingerprint density at radius 3 is 2.42 bits per heavy atom. The van der Waals surface area contributed by atoms with Gasteiger partial charge in [-0.25, -0.2) is 0 Å². The SMILES string of the molecule is CCCCCC=C(C)S(=O)(=O)O. The van der Waals surface area contributed by atoms with E-state index in [0.717, 1.165) is 25.7 Å². The maximum Gasteiger partial charge on any atom is 0.290 e. The number of rotatable bonds is 5. The van der Waals surface area contributed by atoms with E-state index in [0.29, 0.717) is 0 Å². The van der Waals surface area contributed by atoms with Crippen molar-refractivity contribution in [1.82, 2.24) is 0 Å². The summed E-state index contributed by atoms with van der Waals surface area (Å²) >= 11 is 0. The first-order chi connectivity index (χ1) is 5.48. The number of hydrogen-bond donors (Lipinski definition) is 1. The highest BCUT2D eigenvalue weighted by atomic mass is 32.2. The molecule has 0 heterocycles. The lowest BCUT2D eigenvalue weighted by Gasteiger charge is -1.96. The molecule has 0 unspecified atom stereocenters. The zero-order valence-electron chi connectivity index (χ0n) is 7.58. The highest BCUT2D eigenvalue weighted by Crippen LogP contribution is 2.07. The maximum atomic E-state index is 10.5. The lowest BCUT2D eigenvalue weighted by atomic mass is 10.2. The zero-order chi connectivity index (χ0) is 9.61. The molecule has 1 N–H and O–H groups in total. The highest BCUT2D eigenvalue weighted by Gasteiger charge is 2.05. The van der Waals surface area contributed by atoms with Crippen LogP contribution in [0.2, 0.25) is 0 Å². The summed E-state index contributed by atoms with van der Waals surface area (Å²) in [7, 11) is -3.93. The van der Waals surface area contributed by atoms with Gasteiger partial charge in [-0.15, -0.1) is 0 Å². The van der Waals surface area contributed by atoms with Crippen LogP contribution in [0.5, 0.6) is 0 Å².